The van der Waals surface area contributed by atoms with E-state index < -0.39 is 0 Å². The summed E-state index contributed by atoms with van der Waals surface area (Å²) in [5.74, 6) is 1.61. The summed E-state index contributed by atoms with van der Waals surface area (Å²) in [5.41, 5.74) is 8.91. The Morgan fingerprint density at radius 3 is 2.79 bits per heavy atom. The molecule has 2 N–H and O–H groups in total. The van der Waals surface area contributed by atoms with Crippen molar-refractivity contribution in [1.82, 2.24) is 14.5 Å². The minimum Gasteiger partial charge on any atom is -0.399 e. The van der Waals surface area contributed by atoms with Crippen LogP contribution in [-0.4, -0.2) is 34.6 Å². The minimum atomic E-state index is 0.430. The van der Waals surface area contributed by atoms with Gasteiger partial charge in [0.1, 0.15) is 5.82 Å². The van der Waals surface area contributed by atoms with Gasteiger partial charge >= 0.3 is 0 Å². The van der Waals surface area contributed by atoms with Crippen molar-refractivity contribution >= 4 is 16.7 Å². The van der Waals surface area contributed by atoms with Crippen LogP contribution in [-0.2, 0) is 0 Å². The summed E-state index contributed by atoms with van der Waals surface area (Å²) in [6.07, 6.45) is 1.20. The van der Waals surface area contributed by atoms with E-state index in [1.54, 1.807) is 0 Å². The van der Waals surface area contributed by atoms with Gasteiger partial charge < -0.3 is 15.2 Å². The number of benzene rings is 1. The number of aromatic nitrogens is 2. The van der Waals surface area contributed by atoms with Crippen LogP contribution in [0.5, 0.6) is 0 Å². The van der Waals surface area contributed by atoms with Crippen LogP contribution in [0.4, 0.5) is 5.69 Å². The van der Waals surface area contributed by atoms with Crippen molar-refractivity contribution in [3.05, 3.63) is 24.0 Å². The third-order valence-electron chi connectivity index (χ3n) is 3.99. The molecule has 1 saturated heterocycles. The third kappa shape index (κ3) is 2.10. The van der Waals surface area contributed by atoms with Crippen LogP contribution in [0.2, 0.25) is 0 Å². The second kappa shape index (κ2) is 4.53. The van der Waals surface area contributed by atoms with Crippen molar-refractivity contribution in [2.45, 2.75) is 32.2 Å². The molecular weight excluding hydrogens is 236 g/mol. The molecule has 0 bridgehead atoms. The molecule has 19 heavy (non-hydrogen) atoms. The highest BCUT2D eigenvalue weighted by atomic mass is 15.2. The van der Waals surface area contributed by atoms with Gasteiger partial charge in [-0.2, -0.15) is 0 Å². The molecule has 1 aromatic heterocycles. The number of hydrogen-bond donors (Lipinski definition) is 1. The van der Waals surface area contributed by atoms with Gasteiger partial charge in [-0.05, 0) is 38.2 Å². The van der Waals surface area contributed by atoms with Crippen LogP contribution in [0, 0.1) is 0 Å². The number of anilines is 1. The number of nitrogens with two attached hydrogens (primary N) is 1. The first-order valence-corrected chi connectivity index (χ1v) is 7.02. The smallest absolute Gasteiger partial charge is 0.112 e. The molecule has 0 amide bonds. The zero-order valence-corrected chi connectivity index (χ0v) is 11.9. The molecule has 1 aliphatic heterocycles. The maximum absolute atomic E-state index is 5.88. The molecule has 0 saturated carbocycles. The number of likely N-dealkylation sites (tertiary alicyclic amines) is 1. The lowest BCUT2D eigenvalue weighted by atomic mass is 10.1. The highest BCUT2D eigenvalue weighted by molar-refractivity contribution is 5.80. The Balaban J connectivity index is 2.16. The highest BCUT2D eigenvalue weighted by Gasteiger charge is 2.26. The van der Waals surface area contributed by atoms with Gasteiger partial charge in [0.15, 0.2) is 0 Å². The van der Waals surface area contributed by atoms with Crippen LogP contribution >= 0.6 is 0 Å². The number of hydrogen-bond acceptors (Lipinski definition) is 3. The zero-order valence-electron chi connectivity index (χ0n) is 11.9. The van der Waals surface area contributed by atoms with Gasteiger partial charge in [-0.3, -0.25) is 0 Å². The first-order valence-electron chi connectivity index (χ1n) is 7.02. The van der Waals surface area contributed by atoms with Gasteiger partial charge in [0.05, 0.1) is 11.0 Å². The molecule has 0 radical (unpaired) electrons. The summed E-state index contributed by atoms with van der Waals surface area (Å²) in [6.45, 7) is 6.69. The Hall–Kier alpha value is -1.55. The number of rotatable bonds is 2. The number of nitrogens with zero attached hydrogens (tertiary/aromatic N) is 3. The fourth-order valence-corrected chi connectivity index (χ4v) is 3.05. The molecule has 2 heterocycles. The fraction of sp³-hybridized carbons (Fsp3) is 0.533. The monoisotopic (exact) mass is 258 g/mol. The predicted molar refractivity (Wildman–Crippen MR) is 79.4 cm³/mol. The lowest BCUT2D eigenvalue weighted by molar-refractivity contribution is 0.391. The molecule has 4 nitrogen and oxygen atoms in total. The zero-order chi connectivity index (χ0) is 13.6. The molecular formula is C15H22N4. The summed E-state index contributed by atoms with van der Waals surface area (Å²) in [4.78, 5) is 7.19. The quantitative estimate of drug-likeness (QED) is 0.842. The van der Waals surface area contributed by atoms with E-state index >= 15 is 0 Å². The molecule has 4 heteroatoms. The van der Waals surface area contributed by atoms with E-state index in [9.17, 15) is 0 Å². The van der Waals surface area contributed by atoms with Gasteiger partial charge in [0.2, 0.25) is 0 Å². The topological polar surface area (TPSA) is 47.1 Å². The van der Waals surface area contributed by atoms with Crippen molar-refractivity contribution in [2.24, 2.45) is 0 Å². The molecule has 1 aliphatic rings. The fourth-order valence-electron chi connectivity index (χ4n) is 3.05. The molecule has 2 aromatic rings. The van der Waals surface area contributed by atoms with Crippen molar-refractivity contribution in [3.8, 4) is 0 Å². The number of nitrogen functional groups attached to an aromatic ring is 1. The third-order valence-corrected chi connectivity index (χ3v) is 3.99. The average molecular weight is 258 g/mol. The standard InChI is InChI=1S/C15H22N4/c1-10(2)15-17-13-8-11(16)4-5-14(13)19(15)12-6-7-18(3)9-12/h4-5,8,10,12H,6-7,9,16H2,1-3H3. The lowest BCUT2D eigenvalue weighted by Gasteiger charge is -2.18. The molecule has 1 atom stereocenters. The Morgan fingerprint density at radius 1 is 1.37 bits per heavy atom. The Kier molecular flexibility index (Phi) is 2.97. The van der Waals surface area contributed by atoms with Crippen molar-refractivity contribution < 1.29 is 0 Å². The minimum absolute atomic E-state index is 0.430. The Bertz CT molecular complexity index is 599. The van der Waals surface area contributed by atoms with E-state index in [4.69, 9.17) is 10.7 Å². The molecule has 102 valence electrons. The van der Waals surface area contributed by atoms with Crippen LogP contribution < -0.4 is 5.73 Å². The van der Waals surface area contributed by atoms with Crippen molar-refractivity contribution in [1.29, 1.82) is 0 Å². The summed E-state index contributed by atoms with van der Waals surface area (Å²) in [6, 6.07) is 6.61. The van der Waals surface area contributed by atoms with Crippen LogP contribution in [0.1, 0.15) is 38.1 Å². The van der Waals surface area contributed by atoms with E-state index in [0.29, 0.717) is 12.0 Å². The molecule has 0 aliphatic carbocycles. The normalized spacial score (nSPS) is 20.7. The maximum Gasteiger partial charge on any atom is 0.112 e. The van der Waals surface area contributed by atoms with E-state index in [-0.39, 0.29) is 0 Å². The van der Waals surface area contributed by atoms with E-state index in [2.05, 4.69) is 36.4 Å². The van der Waals surface area contributed by atoms with Gasteiger partial charge in [-0.15, -0.1) is 0 Å². The van der Waals surface area contributed by atoms with Gasteiger partial charge in [0.25, 0.3) is 0 Å². The van der Waals surface area contributed by atoms with Crippen LogP contribution in [0.25, 0.3) is 11.0 Å². The van der Waals surface area contributed by atoms with Gasteiger partial charge in [-0.1, -0.05) is 13.8 Å². The highest BCUT2D eigenvalue weighted by Crippen LogP contribution is 2.31. The second-order valence-electron chi connectivity index (χ2n) is 5.95. The van der Waals surface area contributed by atoms with E-state index in [1.165, 1.54) is 17.8 Å². The molecule has 1 fully saturated rings. The summed E-state index contributed by atoms with van der Waals surface area (Å²) < 4.78 is 2.43. The number of fused-ring (bicyclic) bond motifs is 1. The predicted octanol–water partition coefficient (Wildman–Crippen LogP) is 2.62. The molecule has 0 spiro atoms. The molecule has 1 unspecified atom stereocenters. The molecule has 1 aromatic carbocycles. The summed E-state index contributed by atoms with van der Waals surface area (Å²) >= 11 is 0. The lowest BCUT2D eigenvalue weighted by Crippen LogP contribution is -2.18. The van der Waals surface area contributed by atoms with Crippen LogP contribution in [0.15, 0.2) is 18.2 Å². The second-order valence-corrected chi connectivity index (χ2v) is 5.95. The largest absolute Gasteiger partial charge is 0.399 e. The van der Waals surface area contributed by atoms with Crippen LogP contribution in [0.3, 0.4) is 0 Å². The maximum atomic E-state index is 5.88. The van der Waals surface area contributed by atoms with Crippen molar-refractivity contribution in [2.75, 3.05) is 25.9 Å². The Labute approximate surface area is 114 Å². The molecule has 3 rings (SSSR count). The average Bonchev–Trinajstić information content (AvgIpc) is 2.91. The number of likely N-dealkylation sites (N-methyl/N-ethyl adjacent to an activating group) is 1. The number of imidazole rings is 1. The summed E-state index contributed by atoms with van der Waals surface area (Å²) in [7, 11) is 2.19. The first kappa shape index (κ1) is 12.5. The van der Waals surface area contributed by atoms with Crippen molar-refractivity contribution in [3.63, 3.8) is 0 Å². The SMILES string of the molecule is CC(C)c1nc2cc(N)ccc2n1C1CCN(C)C1. The first-order chi connectivity index (χ1) is 9.06. The van der Waals surface area contributed by atoms with E-state index in [1.807, 2.05) is 12.1 Å². The Morgan fingerprint density at radius 2 is 2.16 bits per heavy atom. The van der Waals surface area contributed by atoms with Gasteiger partial charge in [0, 0.05) is 24.2 Å². The summed E-state index contributed by atoms with van der Waals surface area (Å²) in [5, 5.41) is 0. The van der Waals surface area contributed by atoms with Gasteiger partial charge in [-0.25, -0.2) is 4.98 Å². The van der Waals surface area contributed by atoms with E-state index in [0.717, 1.165) is 24.3 Å².